The number of phenolic OH excluding ortho intramolecular Hbond substituents is 1. The van der Waals surface area contributed by atoms with Gasteiger partial charge in [-0.2, -0.15) is 5.11 Å². The van der Waals surface area contributed by atoms with Crippen molar-refractivity contribution >= 4 is 17.3 Å². The van der Waals surface area contributed by atoms with Crippen LogP contribution in [0.2, 0.25) is 0 Å². The molecule has 0 aliphatic carbocycles. The van der Waals surface area contributed by atoms with Crippen molar-refractivity contribution in [2.45, 2.75) is 0 Å². The first-order chi connectivity index (χ1) is 11.6. The minimum absolute atomic E-state index is 0.0313. The van der Waals surface area contributed by atoms with Crippen molar-refractivity contribution < 1.29 is 15.0 Å². The number of aromatic hydroxyl groups is 1. The highest BCUT2D eigenvalue weighted by molar-refractivity contribution is 5.98. The average Bonchev–Trinajstić information content (AvgIpc) is 2.61. The molecule has 0 radical (unpaired) electrons. The van der Waals surface area contributed by atoms with E-state index in [0.29, 0.717) is 22.5 Å². The average molecular weight is 318 g/mol. The summed E-state index contributed by atoms with van der Waals surface area (Å²) in [6.07, 6.45) is 0. The molecule has 0 aliphatic heterocycles. The number of aromatic carboxylic acids is 1. The Hall–Kier alpha value is -3.47. The van der Waals surface area contributed by atoms with Crippen LogP contribution in [0.15, 0.2) is 83.0 Å². The van der Waals surface area contributed by atoms with E-state index in [1.165, 1.54) is 18.2 Å². The van der Waals surface area contributed by atoms with Gasteiger partial charge in [0.2, 0.25) is 0 Å². The second-order valence-corrected chi connectivity index (χ2v) is 5.09. The third-order valence-corrected chi connectivity index (χ3v) is 3.46. The fraction of sp³-hybridized carbons (Fsp3) is 0. The van der Waals surface area contributed by atoms with Crippen molar-refractivity contribution in [1.29, 1.82) is 0 Å². The Kier molecular flexibility index (Phi) is 4.34. The van der Waals surface area contributed by atoms with E-state index in [9.17, 15) is 15.0 Å². The summed E-state index contributed by atoms with van der Waals surface area (Å²) in [5.41, 5.74) is 2.28. The number of benzene rings is 3. The summed E-state index contributed by atoms with van der Waals surface area (Å²) >= 11 is 0. The van der Waals surface area contributed by atoms with Crippen LogP contribution in [0.5, 0.6) is 5.75 Å². The molecule has 3 aromatic rings. The maximum atomic E-state index is 11.5. The lowest BCUT2D eigenvalue weighted by Gasteiger charge is -2.09. The molecule has 24 heavy (non-hydrogen) atoms. The van der Waals surface area contributed by atoms with Crippen LogP contribution in [0.1, 0.15) is 10.4 Å². The maximum absolute atomic E-state index is 11.5. The third kappa shape index (κ3) is 3.30. The van der Waals surface area contributed by atoms with Crippen molar-refractivity contribution in [3.8, 4) is 16.9 Å². The normalized spacial score (nSPS) is 10.8. The van der Waals surface area contributed by atoms with E-state index < -0.39 is 5.97 Å². The number of hydrogen-bond acceptors (Lipinski definition) is 4. The smallest absolute Gasteiger partial charge is 0.336 e. The van der Waals surface area contributed by atoms with Crippen LogP contribution in [0, 0.1) is 0 Å². The fourth-order valence-electron chi connectivity index (χ4n) is 2.34. The van der Waals surface area contributed by atoms with Crippen molar-refractivity contribution in [2.75, 3.05) is 0 Å². The highest BCUT2D eigenvalue weighted by Gasteiger charge is 2.14. The highest BCUT2D eigenvalue weighted by Crippen LogP contribution is 2.36. The SMILES string of the molecule is O=C(O)c1ccccc1-c1cc(O)ccc1N=Nc1ccccc1. The van der Waals surface area contributed by atoms with E-state index in [1.807, 2.05) is 30.3 Å². The number of nitrogens with zero attached hydrogens (tertiary/aromatic N) is 2. The molecule has 0 spiro atoms. The molecule has 0 bridgehead atoms. The molecule has 5 heteroatoms. The summed E-state index contributed by atoms with van der Waals surface area (Å²) < 4.78 is 0. The van der Waals surface area contributed by atoms with Gasteiger partial charge in [-0.05, 0) is 42.0 Å². The molecule has 0 saturated carbocycles. The van der Waals surface area contributed by atoms with E-state index >= 15 is 0 Å². The number of carboxylic acid groups (broad SMARTS) is 1. The molecule has 0 heterocycles. The highest BCUT2D eigenvalue weighted by atomic mass is 16.4. The maximum Gasteiger partial charge on any atom is 0.336 e. The van der Waals surface area contributed by atoms with Crippen LogP contribution in [0.25, 0.3) is 11.1 Å². The summed E-state index contributed by atoms with van der Waals surface area (Å²) in [4.78, 5) is 11.5. The number of hydrogen-bond donors (Lipinski definition) is 2. The minimum Gasteiger partial charge on any atom is -0.508 e. The van der Waals surface area contributed by atoms with Gasteiger partial charge >= 0.3 is 5.97 Å². The fourth-order valence-corrected chi connectivity index (χ4v) is 2.34. The third-order valence-electron chi connectivity index (χ3n) is 3.46. The van der Waals surface area contributed by atoms with Crippen LogP contribution in [0.4, 0.5) is 11.4 Å². The number of azo groups is 1. The Morgan fingerprint density at radius 2 is 1.50 bits per heavy atom. The first kappa shape index (κ1) is 15.4. The summed E-state index contributed by atoms with van der Waals surface area (Å²) in [6, 6.07) is 20.4. The zero-order valence-corrected chi connectivity index (χ0v) is 12.6. The number of phenols is 1. The molecular formula is C19H14N2O3. The standard InChI is InChI=1S/C19H14N2O3/c22-14-10-11-18(21-20-13-6-2-1-3-7-13)17(12-14)15-8-4-5-9-16(15)19(23)24/h1-12,22H,(H,23,24). The van der Waals surface area contributed by atoms with Gasteiger partial charge in [0, 0.05) is 5.56 Å². The predicted octanol–water partition coefficient (Wildman–Crippen LogP) is 5.17. The zero-order valence-electron chi connectivity index (χ0n) is 12.6. The van der Waals surface area contributed by atoms with Crippen LogP contribution in [-0.4, -0.2) is 16.2 Å². The lowest BCUT2D eigenvalue weighted by atomic mass is 9.98. The Morgan fingerprint density at radius 3 is 2.25 bits per heavy atom. The summed E-state index contributed by atoms with van der Waals surface area (Å²) in [5, 5.41) is 27.6. The first-order valence-electron chi connectivity index (χ1n) is 7.27. The number of carbonyl (C=O) groups is 1. The summed E-state index contributed by atoms with van der Waals surface area (Å²) in [5.74, 6) is -1.01. The van der Waals surface area contributed by atoms with Gasteiger partial charge in [-0.25, -0.2) is 4.79 Å². The number of carboxylic acids is 1. The van der Waals surface area contributed by atoms with Gasteiger partial charge in [0.15, 0.2) is 0 Å². The van der Waals surface area contributed by atoms with Crippen molar-refractivity contribution in [3.05, 3.63) is 78.4 Å². The Labute approximate surface area is 138 Å². The molecule has 0 amide bonds. The zero-order chi connectivity index (χ0) is 16.9. The van der Waals surface area contributed by atoms with E-state index in [4.69, 9.17) is 0 Å². The van der Waals surface area contributed by atoms with Gasteiger partial charge in [0.1, 0.15) is 5.75 Å². The largest absolute Gasteiger partial charge is 0.508 e. The summed E-state index contributed by atoms with van der Waals surface area (Å²) in [7, 11) is 0. The molecule has 0 unspecified atom stereocenters. The van der Waals surface area contributed by atoms with Crippen LogP contribution in [0.3, 0.4) is 0 Å². The van der Waals surface area contributed by atoms with E-state index in [2.05, 4.69) is 10.2 Å². The van der Waals surface area contributed by atoms with E-state index in [0.717, 1.165) is 0 Å². The topological polar surface area (TPSA) is 82.2 Å². The quantitative estimate of drug-likeness (QED) is 0.651. The number of rotatable bonds is 4. The first-order valence-corrected chi connectivity index (χ1v) is 7.27. The monoisotopic (exact) mass is 318 g/mol. The van der Waals surface area contributed by atoms with Crippen molar-refractivity contribution in [3.63, 3.8) is 0 Å². The second-order valence-electron chi connectivity index (χ2n) is 5.09. The van der Waals surface area contributed by atoms with Crippen molar-refractivity contribution in [1.82, 2.24) is 0 Å². The molecule has 118 valence electrons. The van der Waals surface area contributed by atoms with Crippen LogP contribution in [-0.2, 0) is 0 Å². The molecule has 0 aliphatic rings. The molecule has 0 aromatic heterocycles. The second kappa shape index (κ2) is 6.75. The molecule has 3 aromatic carbocycles. The summed E-state index contributed by atoms with van der Waals surface area (Å²) in [6.45, 7) is 0. The minimum atomic E-state index is -1.04. The van der Waals surface area contributed by atoms with Gasteiger partial charge in [-0.3, -0.25) is 0 Å². The predicted molar refractivity (Wildman–Crippen MR) is 91.1 cm³/mol. The molecule has 5 nitrogen and oxygen atoms in total. The van der Waals surface area contributed by atoms with Crippen LogP contribution < -0.4 is 0 Å². The van der Waals surface area contributed by atoms with Gasteiger partial charge in [-0.15, -0.1) is 5.11 Å². The van der Waals surface area contributed by atoms with Gasteiger partial charge in [0.25, 0.3) is 0 Å². The van der Waals surface area contributed by atoms with E-state index in [1.54, 1.807) is 24.3 Å². The molecule has 3 rings (SSSR count). The van der Waals surface area contributed by atoms with E-state index in [-0.39, 0.29) is 11.3 Å². The van der Waals surface area contributed by atoms with Crippen LogP contribution >= 0.6 is 0 Å². The van der Waals surface area contributed by atoms with Gasteiger partial charge in [-0.1, -0.05) is 36.4 Å². The lowest BCUT2D eigenvalue weighted by molar-refractivity contribution is 0.0697. The molecule has 0 saturated heterocycles. The molecule has 2 N–H and O–H groups in total. The Bertz CT molecular complexity index is 905. The molecule has 0 fully saturated rings. The lowest BCUT2D eigenvalue weighted by Crippen LogP contribution is -1.99. The van der Waals surface area contributed by atoms with Gasteiger partial charge in [0.05, 0.1) is 16.9 Å². The Morgan fingerprint density at radius 1 is 0.792 bits per heavy atom. The Balaban J connectivity index is 2.10. The van der Waals surface area contributed by atoms with Gasteiger partial charge < -0.3 is 10.2 Å². The molecule has 0 atom stereocenters. The van der Waals surface area contributed by atoms with Crippen molar-refractivity contribution in [2.24, 2.45) is 10.2 Å². The molecular weight excluding hydrogens is 304 g/mol.